The number of nitrogens with zero attached hydrogens (tertiary/aromatic N) is 2. The largest absolute Gasteiger partial charge is 0.497 e. The van der Waals surface area contributed by atoms with Gasteiger partial charge in [-0.3, -0.25) is 9.89 Å². The second-order valence-corrected chi connectivity index (χ2v) is 5.98. The lowest BCUT2D eigenvalue weighted by Crippen LogP contribution is -2.12. The maximum Gasteiger partial charge on any atom is 0.256 e. The van der Waals surface area contributed by atoms with Crippen LogP contribution in [0, 0.1) is 6.92 Å². The molecule has 6 nitrogen and oxygen atoms in total. The maximum absolute atomic E-state index is 12.5. The number of nitrogens with one attached hydrogen (secondary N) is 2. The average molecular weight is 387 g/mol. The molecule has 0 saturated carbocycles. The summed E-state index contributed by atoms with van der Waals surface area (Å²) in [6, 6.07) is 12.6. The number of H-pyrrole nitrogens is 1. The molecule has 0 bridgehead atoms. The van der Waals surface area contributed by atoms with E-state index in [2.05, 4.69) is 36.4 Å². The summed E-state index contributed by atoms with van der Waals surface area (Å²) >= 11 is 3.39. The Balaban J connectivity index is 1.85. The van der Waals surface area contributed by atoms with Crippen LogP contribution in [0.4, 0.5) is 5.69 Å². The van der Waals surface area contributed by atoms with Crippen LogP contribution >= 0.6 is 15.9 Å². The second-order valence-electron chi connectivity index (χ2n) is 5.13. The van der Waals surface area contributed by atoms with Crippen molar-refractivity contribution < 1.29 is 9.53 Å². The van der Waals surface area contributed by atoms with Crippen molar-refractivity contribution >= 4 is 27.5 Å². The van der Waals surface area contributed by atoms with E-state index in [-0.39, 0.29) is 5.91 Å². The summed E-state index contributed by atoms with van der Waals surface area (Å²) in [5, 5.41) is 9.81. The van der Waals surface area contributed by atoms with Crippen LogP contribution in [0.15, 0.2) is 46.9 Å². The number of hydrogen-bond acceptors (Lipinski definition) is 4. The van der Waals surface area contributed by atoms with E-state index in [4.69, 9.17) is 4.74 Å². The summed E-state index contributed by atoms with van der Waals surface area (Å²) < 4.78 is 5.86. The predicted molar refractivity (Wildman–Crippen MR) is 95.2 cm³/mol. The molecule has 0 aliphatic heterocycles. The number of aromatic nitrogens is 3. The third kappa shape index (κ3) is 3.46. The van der Waals surface area contributed by atoms with Crippen LogP contribution in [-0.4, -0.2) is 28.2 Å². The van der Waals surface area contributed by atoms with Crippen molar-refractivity contribution in [3.8, 4) is 17.1 Å². The van der Waals surface area contributed by atoms with E-state index in [1.54, 1.807) is 25.3 Å². The zero-order chi connectivity index (χ0) is 17.1. The molecule has 0 unspecified atom stereocenters. The number of ether oxygens (including phenoxy) is 1. The molecule has 1 heterocycles. The number of aryl methyl sites for hydroxylation is 1. The van der Waals surface area contributed by atoms with E-state index >= 15 is 0 Å². The van der Waals surface area contributed by atoms with E-state index in [1.165, 1.54) is 0 Å². The zero-order valence-corrected chi connectivity index (χ0v) is 14.7. The Labute approximate surface area is 147 Å². The lowest BCUT2D eigenvalue weighted by Gasteiger charge is -2.09. The molecule has 1 amide bonds. The summed E-state index contributed by atoms with van der Waals surface area (Å²) in [4.78, 5) is 16.8. The van der Waals surface area contributed by atoms with Gasteiger partial charge >= 0.3 is 0 Å². The molecular weight excluding hydrogens is 372 g/mol. The molecule has 3 rings (SSSR count). The third-order valence-corrected chi connectivity index (χ3v) is 4.09. The maximum atomic E-state index is 12.5. The van der Waals surface area contributed by atoms with Crippen molar-refractivity contribution in [2.24, 2.45) is 0 Å². The Morgan fingerprint density at radius 2 is 2.08 bits per heavy atom. The fraction of sp³-hybridized carbons (Fsp3) is 0.118. The first-order valence-corrected chi connectivity index (χ1v) is 8.00. The van der Waals surface area contributed by atoms with Crippen LogP contribution in [0.3, 0.4) is 0 Å². The van der Waals surface area contributed by atoms with Gasteiger partial charge in [-0.1, -0.05) is 12.1 Å². The van der Waals surface area contributed by atoms with Crippen molar-refractivity contribution in [2.45, 2.75) is 6.92 Å². The fourth-order valence-corrected chi connectivity index (χ4v) is 2.64. The second kappa shape index (κ2) is 6.84. The number of benzene rings is 2. The molecule has 7 heteroatoms. The molecule has 0 fully saturated rings. The minimum atomic E-state index is -0.232. The molecule has 0 atom stereocenters. The minimum absolute atomic E-state index is 0.232. The molecule has 0 aliphatic carbocycles. The topological polar surface area (TPSA) is 79.9 Å². The Morgan fingerprint density at radius 3 is 2.79 bits per heavy atom. The molecular formula is C17H15BrN4O2. The number of carbonyl (C=O) groups is 1. The van der Waals surface area contributed by atoms with Crippen LogP contribution in [0.2, 0.25) is 0 Å². The number of aromatic amines is 1. The minimum Gasteiger partial charge on any atom is -0.497 e. The van der Waals surface area contributed by atoms with Crippen molar-refractivity contribution in [3.63, 3.8) is 0 Å². The highest BCUT2D eigenvalue weighted by Gasteiger charge is 2.12. The lowest BCUT2D eigenvalue weighted by molar-refractivity contribution is 0.102. The fourth-order valence-electron chi connectivity index (χ4n) is 2.21. The SMILES string of the molecule is COc1ccc(Br)c(C(=O)Nc2cccc(-c3n[nH]c(C)n3)c2)c1. The first-order chi connectivity index (χ1) is 11.6. The number of methoxy groups -OCH3 is 1. The summed E-state index contributed by atoms with van der Waals surface area (Å²) in [6.45, 7) is 1.84. The van der Waals surface area contributed by atoms with Gasteiger partial charge in [-0.2, -0.15) is 5.10 Å². The third-order valence-electron chi connectivity index (χ3n) is 3.39. The number of anilines is 1. The average Bonchev–Trinajstić information content (AvgIpc) is 3.02. The first-order valence-electron chi connectivity index (χ1n) is 7.21. The van der Waals surface area contributed by atoms with Gasteiger partial charge in [0.2, 0.25) is 0 Å². The van der Waals surface area contributed by atoms with E-state index < -0.39 is 0 Å². The molecule has 2 N–H and O–H groups in total. The van der Waals surface area contributed by atoms with Gasteiger partial charge in [0, 0.05) is 15.7 Å². The number of carbonyl (C=O) groups excluding carboxylic acids is 1. The van der Waals surface area contributed by atoms with E-state index in [0.717, 1.165) is 11.4 Å². The molecule has 0 radical (unpaired) electrons. The quantitative estimate of drug-likeness (QED) is 0.714. The summed E-state index contributed by atoms with van der Waals surface area (Å²) in [6.07, 6.45) is 0. The van der Waals surface area contributed by atoms with Gasteiger partial charge in [0.15, 0.2) is 5.82 Å². The van der Waals surface area contributed by atoms with Crippen LogP contribution in [0.25, 0.3) is 11.4 Å². The van der Waals surface area contributed by atoms with Crippen molar-refractivity contribution in [1.82, 2.24) is 15.2 Å². The molecule has 1 aromatic heterocycles. The molecule has 0 aliphatic rings. The molecule has 2 aromatic carbocycles. The highest BCUT2D eigenvalue weighted by Crippen LogP contribution is 2.24. The van der Waals surface area contributed by atoms with Gasteiger partial charge in [-0.15, -0.1) is 0 Å². The summed E-state index contributed by atoms with van der Waals surface area (Å²) in [5.74, 6) is 1.71. The number of hydrogen-bond donors (Lipinski definition) is 2. The van der Waals surface area contributed by atoms with Crippen molar-refractivity contribution in [1.29, 1.82) is 0 Å². The molecule has 122 valence electrons. The number of halogens is 1. The van der Waals surface area contributed by atoms with Crippen molar-refractivity contribution in [2.75, 3.05) is 12.4 Å². The van der Waals surface area contributed by atoms with Gasteiger partial charge in [0.05, 0.1) is 12.7 Å². The molecule has 0 saturated heterocycles. The van der Waals surface area contributed by atoms with Crippen LogP contribution in [0.1, 0.15) is 16.2 Å². The summed E-state index contributed by atoms with van der Waals surface area (Å²) in [7, 11) is 1.56. The highest BCUT2D eigenvalue weighted by molar-refractivity contribution is 9.10. The molecule has 3 aromatic rings. The zero-order valence-electron chi connectivity index (χ0n) is 13.1. The van der Waals surface area contributed by atoms with Crippen LogP contribution < -0.4 is 10.1 Å². The summed E-state index contributed by atoms with van der Waals surface area (Å²) in [5.41, 5.74) is 1.98. The van der Waals surface area contributed by atoms with E-state index in [0.29, 0.717) is 27.3 Å². The Kier molecular flexibility index (Phi) is 4.61. The van der Waals surface area contributed by atoms with Crippen LogP contribution in [0.5, 0.6) is 5.75 Å². The Morgan fingerprint density at radius 1 is 1.25 bits per heavy atom. The van der Waals surface area contributed by atoms with Crippen LogP contribution in [-0.2, 0) is 0 Å². The predicted octanol–water partition coefficient (Wildman–Crippen LogP) is 3.80. The smallest absolute Gasteiger partial charge is 0.256 e. The van der Waals surface area contributed by atoms with Crippen molar-refractivity contribution in [3.05, 3.63) is 58.3 Å². The van der Waals surface area contributed by atoms with Gasteiger partial charge in [0.1, 0.15) is 11.6 Å². The Hall–Kier alpha value is -2.67. The van der Waals surface area contributed by atoms with E-state index in [9.17, 15) is 4.79 Å². The van der Waals surface area contributed by atoms with Gasteiger partial charge < -0.3 is 10.1 Å². The number of rotatable bonds is 4. The normalized spacial score (nSPS) is 10.5. The Bertz CT molecular complexity index is 892. The van der Waals surface area contributed by atoms with Gasteiger partial charge in [-0.05, 0) is 53.2 Å². The molecule has 24 heavy (non-hydrogen) atoms. The standard InChI is InChI=1S/C17H15BrN4O2/c1-10-19-16(22-21-10)11-4-3-5-12(8-11)20-17(23)14-9-13(24-2)6-7-15(14)18/h3-9H,1-2H3,(H,20,23)(H,19,21,22). The first kappa shape index (κ1) is 16.2. The number of amides is 1. The van der Waals surface area contributed by atoms with Gasteiger partial charge in [0.25, 0.3) is 5.91 Å². The monoisotopic (exact) mass is 386 g/mol. The van der Waals surface area contributed by atoms with E-state index in [1.807, 2.05) is 31.2 Å². The van der Waals surface area contributed by atoms with Gasteiger partial charge in [-0.25, -0.2) is 4.98 Å². The highest BCUT2D eigenvalue weighted by atomic mass is 79.9. The molecule has 0 spiro atoms. The lowest BCUT2D eigenvalue weighted by atomic mass is 10.1.